The normalized spacial score (nSPS) is 14.7. The summed E-state index contributed by atoms with van der Waals surface area (Å²) in [6.07, 6.45) is 0. The van der Waals surface area contributed by atoms with E-state index < -0.39 is 5.97 Å². The molecule has 7 heteroatoms. The molecular formula is C27H31N3O3S. The van der Waals surface area contributed by atoms with Crippen LogP contribution >= 0.6 is 11.3 Å². The number of amides is 1. The lowest BCUT2D eigenvalue weighted by molar-refractivity contribution is -0.117. The fourth-order valence-electron chi connectivity index (χ4n) is 4.39. The molecule has 1 amide bonds. The number of hydrogen-bond acceptors (Lipinski definition) is 6. The maximum absolute atomic E-state index is 12.9. The summed E-state index contributed by atoms with van der Waals surface area (Å²) in [5.74, 6) is -0.554. The first-order valence-electron chi connectivity index (χ1n) is 11.5. The van der Waals surface area contributed by atoms with E-state index in [1.165, 1.54) is 29.6 Å². The van der Waals surface area contributed by atoms with Crippen LogP contribution in [0, 0.1) is 13.8 Å². The molecule has 34 heavy (non-hydrogen) atoms. The number of ether oxygens (including phenoxy) is 1. The van der Waals surface area contributed by atoms with Gasteiger partial charge in [0.2, 0.25) is 5.91 Å². The van der Waals surface area contributed by atoms with Crippen molar-refractivity contribution in [1.82, 2.24) is 9.80 Å². The topological polar surface area (TPSA) is 61.9 Å². The van der Waals surface area contributed by atoms with E-state index in [0.29, 0.717) is 17.1 Å². The maximum atomic E-state index is 12.9. The van der Waals surface area contributed by atoms with Gasteiger partial charge in [0.05, 0.1) is 13.7 Å². The number of carbonyl (C=O) groups is 2. The van der Waals surface area contributed by atoms with Crippen LogP contribution in [-0.2, 0) is 16.1 Å². The average molecular weight is 478 g/mol. The number of aryl methyl sites for hydroxylation is 2. The number of thiophene rings is 1. The SMILES string of the molecule is COC(=O)c1c(NC(=O)CN2CCN(Cc3ccccc3C)CC2)sc(C)c1-c1ccccc1. The Morgan fingerprint density at radius 1 is 0.941 bits per heavy atom. The second-order valence-electron chi connectivity index (χ2n) is 8.62. The van der Waals surface area contributed by atoms with Crippen LogP contribution in [0.25, 0.3) is 11.1 Å². The molecule has 4 rings (SSSR count). The van der Waals surface area contributed by atoms with Crippen LogP contribution in [0.2, 0.25) is 0 Å². The Hall–Kier alpha value is -3.00. The first-order valence-corrected chi connectivity index (χ1v) is 12.3. The third kappa shape index (κ3) is 5.55. The lowest BCUT2D eigenvalue weighted by Gasteiger charge is -2.34. The van der Waals surface area contributed by atoms with E-state index in [9.17, 15) is 9.59 Å². The Balaban J connectivity index is 1.39. The fraction of sp³-hybridized carbons (Fsp3) is 0.333. The molecule has 2 aromatic carbocycles. The zero-order valence-corrected chi connectivity index (χ0v) is 20.8. The average Bonchev–Trinajstić information content (AvgIpc) is 3.17. The van der Waals surface area contributed by atoms with Crippen molar-refractivity contribution < 1.29 is 14.3 Å². The van der Waals surface area contributed by atoms with Gasteiger partial charge in [-0.05, 0) is 30.5 Å². The van der Waals surface area contributed by atoms with Crippen molar-refractivity contribution in [2.75, 3.05) is 45.2 Å². The Morgan fingerprint density at radius 3 is 2.26 bits per heavy atom. The number of benzene rings is 2. The van der Waals surface area contributed by atoms with Crippen molar-refractivity contribution in [3.8, 4) is 11.1 Å². The lowest BCUT2D eigenvalue weighted by Crippen LogP contribution is -2.48. The number of methoxy groups -OCH3 is 1. The van der Waals surface area contributed by atoms with Crippen molar-refractivity contribution in [3.05, 3.63) is 76.2 Å². The maximum Gasteiger partial charge on any atom is 0.341 e. The highest BCUT2D eigenvalue weighted by molar-refractivity contribution is 7.17. The minimum absolute atomic E-state index is 0.113. The second kappa shape index (κ2) is 11.0. The predicted octanol–water partition coefficient (Wildman–Crippen LogP) is 4.57. The summed E-state index contributed by atoms with van der Waals surface area (Å²) in [5, 5.41) is 3.53. The number of piperazine rings is 1. The highest BCUT2D eigenvalue weighted by atomic mass is 32.1. The Bertz CT molecular complexity index is 1150. The van der Waals surface area contributed by atoms with E-state index in [0.717, 1.165) is 48.7 Å². The van der Waals surface area contributed by atoms with Crippen molar-refractivity contribution in [2.45, 2.75) is 20.4 Å². The van der Waals surface area contributed by atoms with Crippen molar-refractivity contribution in [2.24, 2.45) is 0 Å². The van der Waals surface area contributed by atoms with Crippen LogP contribution in [0.4, 0.5) is 5.00 Å². The number of nitrogens with zero attached hydrogens (tertiary/aromatic N) is 2. The molecule has 1 saturated heterocycles. The van der Waals surface area contributed by atoms with Gasteiger partial charge in [-0.25, -0.2) is 4.79 Å². The van der Waals surface area contributed by atoms with Crippen LogP contribution in [-0.4, -0.2) is 61.5 Å². The molecule has 1 fully saturated rings. The molecule has 1 aliphatic heterocycles. The van der Waals surface area contributed by atoms with E-state index >= 15 is 0 Å². The summed E-state index contributed by atoms with van der Waals surface area (Å²) in [5.41, 5.74) is 4.84. The van der Waals surface area contributed by atoms with E-state index in [1.807, 2.05) is 37.3 Å². The summed E-state index contributed by atoms with van der Waals surface area (Å²) in [6, 6.07) is 18.2. The number of rotatable bonds is 7. The molecule has 2 heterocycles. The minimum atomic E-state index is -0.441. The van der Waals surface area contributed by atoms with Crippen LogP contribution in [0.3, 0.4) is 0 Å². The molecular weight excluding hydrogens is 446 g/mol. The molecule has 6 nitrogen and oxygen atoms in total. The van der Waals surface area contributed by atoms with Gasteiger partial charge in [-0.3, -0.25) is 14.6 Å². The summed E-state index contributed by atoms with van der Waals surface area (Å²) in [7, 11) is 1.37. The number of carbonyl (C=O) groups excluding carboxylic acids is 2. The first-order chi connectivity index (χ1) is 16.5. The Kier molecular flexibility index (Phi) is 7.77. The molecule has 0 aliphatic carbocycles. The molecule has 0 saturated carbocycles. The third-order valence-corrected chi connectivity index (χ3v) is 7.30. The monoisotopic (exact) mass is 477 g/mol. The highest BCUT2D eigenvalue weighted by Gasteiger charge is 2.26. The number of nitrogens with one attached hydrogen (secondary N) is 1. The van der Waals surface area contributed by atoms with Crippen molar-refractivity contribution in [3.63, 3.8) is 0 Å². The molecule has 0 radical (unpaired) electrons. The predicted molar refractivity (Wildman–Crippen MR) is 137 cm³/mol. The summed E-state index contributed by atoms with van der Waals surface area (Å²) >= 11 is 1.41. The number of esters is 1. The first kappa shape index (κ1) is 24.1. The highest BCUT2D eigenvalue weighted by Crippen LogP contribution is 2.40. The molecule has 0 bridgehead atoms. The summed E-state index contributed by atoms with van der Waals surface area (Å²) in [6.45, 7) is 8.86. The number of hydrogen-bond donors (Lipinski definition) is 1. The molecule has 0 atom stereocenters. The van der Waals surface area contributed by atoms with Crippen LogP contribution in [0.5, 0.6) is 0 Å². The summed E-state index contributed by atoms with van der Waals surface area (Å²) in [4.78, 5) is 31.1. The van der Waals surface area contributed by atoms with Gasteiger partial charge in [0, 0.05) is 43.2 Å². The zero-order chi connectivity index (χ0) is 24.1. The molecule has 3 aromatic rings. The van der Waals surface area contributed by atoms with Gasteiger partial charge in [0.1, 0.15) is 10.6 Å². The zero-order valence-electron chi connectivity index (χ0n) is 20.0. The van der Waals surface area contributed by atoms with E-state index in [-0.39, 0.29) is 5.91 Å². The lowest BCUT2D eigenvalue weighted by atomic mass is 10.0. The van der Waals surface area contributed by atoms with E-state index in [1.54, 1.807) is 0 Å². The molecule has 0 unspecified atom stereocenters. The second-order valence-corrected chi connectivity index (χ2v) is 9.85. The van der Waals surface area contributed by atoms with E-state index in [2.05, 4.69) is 46.3 Å². The van der Waals surface area contributed by atoms with Crippen LogP contribution in [0.1, 0.15) is 26.4 Å². The minimum Gasteiger partial charge on any atom is -0.465 e. The van der Waals surface area contributed by atoms with Gasteiger partial charge < -0.3 is 10.1 Å². The summed E-state index contributed by atoms with van der Waals surface area (Å²) < 4.78 is 5.05. The molecule has 1 aromatic heterocycles. The van der Waals surface area contributed by atoms with Gasteiger partial charge in [0.15, 0.2) is 0 Å². The molecule has 1 N–H and O–H groups in total. The fourth-order valence-corrected chi connectivity index (χ4v) is 5.47. The van der Waals surface area contributed by atoms with Crippen molar-refractivity contribution in [1.29, 1.82) is 0 Å². The molecule has 0 spiro atoms. The van der Waals surface area contributed by atoms with Gasteiger partial charge in [-0.1, -0.05) is 54.6 Å². The number of anilines is 1. The smallest absolute Gasteiger partial charge is 0.341 e. The Labute approximate surface area is 205 Å². The van der Waals surface area contributed by atoms with E-state index in [4.69, 9.17) is 4.74 Å². The third-order valence-electron chi connectivity index (χ3n) is 6.28. The quantitative estimate of drug-likeness (QED) is 0.505. The standard InChI is InChI=1S/C27H31N3O3S/c1-19-9-7-8-12-22(19)17-29-13-15-30(16-14-29)18-23(31)28-26-25(27(32)33-3)24(20(2)34-26)21-10-5-4-6-11-21/h4-12H,13-18H2,1-3H3,(H,28,31). The largest absolute Gasteiger partial charge is 0.465 e. The van der Waals surface area contributed by atoms with Gasteiger partial charge in [-0.15, -0.1) is 11.3 Å². The van der Waals surface area contributed by atoms with Gasteiger partial charge in [0.25, 0.3) is 0 Å². The molecule has 178 valence electrons. The molecule has 1 aliphatic rings. The van der Waals surface area contributed by atoms with Crippen LogP contribution in [0.15, 0.2) is 54.6 Å². The van der Waals surface area contributed by atoms with Crippen LogP contribution < -0.4 is 5.32 Å². The van der Waals surface area contributed by atoms with Gasteiger partial charge in [-0.2, -0.15) is 0 Å². The Morgan fingerprint density at radius 2 is 1.59 bits per heavy atom. The van der Waals surface area contributed by atoms with Crippen molar-refractivity contribution >= 4 is 28.2 Å². The van der Waals surface area contributed by atoms with Gasteiger partial charge >= 0.3 is 5.97 Å².